The number of benzene rings is 2. The summed E-state index contributed by atoms with van der Waals surface area (Å²) in [6, 6.07) is 9.30. The zero-order valence-electron chi connectivity index (χ0n) is 20.2. The standard InChI is InChI=1S/C27H29F2N5O2/c1-17-10-22(29)19(12-21(17)28)11-20(30)13-25(35)33-14-18-6-2-3-7-23(18)34-16-31-26(24(34)15-33)27(36)32-8-4-5-9-32/h2-3,6-7,10,12,16,20H,4-5,8-9,11,13-15,30H2,1H3. The number of carbonyl (C=O) groups is 2. The van der Waals surface area contributed by atoms with Crippen LogP contribution in [-0.2, 0) is 24.3 Å². The van der Waals surface area contributed by atoms with Crippen molar-refractivity contribution in [2.45, 2.75) is 51.7 Å². The van der Waals surface area contributed by atoms with Crippen molar-refractivity contribution in [2.75, 3.05) is 13.1 Å². The van der Waals surface area contributed by atoms with E-state index in [4.69, 9.17) is 5.73 Å². The van der Waals surface area contributed by atoms with E-state index in [0.717, 1.165) is 36.2 Å². The summed E-state index contributed by atoms with van der Waals surface area (Å²) in [4.78, 5) is 34.5. The summed E-state index contributed by atoms with van der Waals surface area (Å²) in [6.07, 6.45) is 3.58. The summed E-state index contributed by atoms with van der Waals surface area (Å²) in [7, 11) is 0. The number of likely N-dealkylation sites (tertiary alicyclic amines) is 1. The molecule has 1 fully saturated rings. The lowest BCUT2D eigenvalue weighted by Crippen LogP contribution is -2.36. The topological polar surface area (TPSA) is 84.5 Å². The van der Waals surface area contributed by atoms with E-state index < -0.39 is 17.7 Å². The number of para-hydroxylation sites is 1. The third kappa shape index (κ3) is 4.63. The van der Waals surface area contributed by atoms with Gasteiger partial charge in [0.05, 0.1) is 17.9 Å². The van der Waals surface area contributed by atoms with E-state index in [0.29, 0.717) is 31.0 Å². The first-order valence-corrected chi connectivity index (χ1v) is 12.2. The molecule has 1 aromatic heterocycles. The lowest BCUT2D eigenvalue weighted by molar-refractivity contribution is -0.132. The molecule has 0 spiro atoms. The summed E-state index contributed by atoms with van der Waals surface area (Å²) in [5, 5.41) is 0. The molecule has 2 aliphatic heterocycles. The normalized spacial score (nSPS) is 15.9. The molecule has 2 amide bonds. The number of aryl methyl sites for hydroxylation is 1. The first kappa shape index (κ1) is 24.1. The van der Waals surface area contributed by atoms with Crippen molar-refractivity contribution < 1.29 is 18.4 Å². The average Bonchev–Trinajstić information content (AvgIpc) is 3.50. The Kier molecular flexibility index (Phi) is 6.57. The highest BCUT2D eigenvalue weighted by atomic mass is 19.1. The van der Waals surface area contributed by atoms with Crippen LogP contribution in [0.2, 0.25) is 0 Å². The van der Waals surface area contributed by atoms with Gasteiger partial charge >= 0.3 is 0 Å². The maximum atomic E-state index is 14.3. The molecule has 9 heteroatoms. The molecular weight excluding hydrogens is 464 g/mol. The van der Waals surface area contributed by atoms with Gasteiger partial charge in [-0.25, -0.2) is 13.8 Å². The van der Waals surface area contributed by atoms with Crippen LogP contribution in [0.25, 0.3) is 5.69 Å². The number of carbonyl (C=O) groups excluding carboxylic acids is 2. The fraction of sp³-hybridized carbons (Fsp3) is 0.370. The quantitative estimate of drug-likeness (QED) is 0.590. The van der Waals surface area contributed by atoms with E-state index in [2.05, 4.69) is 4.98 Å². The van der Waals surface area contributed by atoms with Gasteiger partial charge in [-0.3, -0.25) is 9.59 Å². The van der Waals surface area contributed by atoms with Crippen LogP contribution in [0.1, 0.15) is 52.1 Å². The zero-order chi connectivity index (χ0) is 25.4. The molecule has 0 bridgehead atoms. The number of nitrogens with two attached hydrogens (primary N) is 1. The monoisotopic (exact) mass is 493 g/mol. The molecule has 188 valence electrons. The number of fused-ring (bicyclic) bond motifs is 3. The number of halogens is 2. The van der Waals surface area contributed by atoms with Gasteiger partial charge in [-0.1, -0.05) is 18.2 Å². The van der Waals surface area contributed by atoms with Crippen LogP contribution < -0.4 is 5.73 Å². The van der Waals surface area contributed by atoms with Crippen LogP contribution >= 0.6 is 0 Å². The minimum Gasteiger partial charge on any atom is -0.337 e. The molecule has 1 atom stereocenters. The Labute approximate surface area is 208 Å². The molecule has 1 saturated heterocycles. The zero-order valence-corrected chi connectivity index (χ0v) is 20.2. The number of aromatic nitrogens is 2. The predicted molar refractivity (Wildman–Crippen MR) is 130 cm³/mol. The van der Waals surface area contributed by atoms with E-state index in [1.54, 1.807) is 16.1 Å². The minimum atomic E-state index is -0.691. The van der Waals surface area contributed by atoms with Crippen molar-refractivity contribution in [3.05, 3.63) is 82.4 Å². The van der Waals surface area contributed by atoms with Gasteiger partial charge in [-0.15, -0.1) is 0 Å². The van der Waals surface area contributed by atoms with Gasteiger partial charge in [-0.2, -0.15) is 0 Å². The second kappa shape index (κ2) is 9.81. The molecule has 3 aromatic rings. The molecule has 0 radical (unpaired) electrons. The van der Waals surface area contributed by atoms with Crippen molar-refractivity contribution in [3.63, 3.8) is 0 Å². The fourth-order valence-electron chi connectivity index (χ4n) is 5.03. The van der Waals surface area contributed by atoms with Crippen molar-refractivity contribution in [3.8, 4) is 5.69 Å². The van der Waals surface area contributed by atoms with Crippen molar-refractivity contribution in [1.29, 1.82) is 0 Å². The third-order valence-corrected chi connectivity index (χ3v) is 7.01. The first-order chi connectivity index (χ1) is 17.3. The highest BCUT2D eigenvalue weighted by Gasteiger charge is 2.31. The van der Waals surface area contributed by atoms with Crippen LogP contribution in [0.3, 0.4) is 0 Å². The summed E-state index contributed by atoms with van der Waals surface area (Å²) in [5.41, 5.74) is 9.40. The van der Waals surface area contributed by atoms with Gasteiger partial charge in [0.2, 0.25) is 5.91 Å². The number of amides is 2. The number of nitrogens with zero attached hydrogens (tertiary/aromatic N) is 4. The van der Waals surface area contributed by atoms with Gasteiger partial charge in [0.1, 0.15) is 18.0 Å². The van der Waals surface area contributed by atoms with Crippen LogP contribution in [0.15, 0.2) is 42.7 Å². The van der Waals surface area contributed by atoms with Gasteiger partial charge in [0, 0.05) is 32.1 Å². The van der Waals surface area contributed by atoms with Gasteiger partial charge < -0.3 is 20.1 Å². The highest BCUT2D eigenvalue weighted by molar-refractivity contribution is 5.94. The number of rotatable bonds is 5. The Morgan fingerprint density at radius 1 is 1.06 bits per heavy atom. The molecule has 36 heavy (non-hydrogen) atoms. The lowest BCUT2D eigenvalue weighted by atomic mass is 10.0. The Morgan fingerprint density at radius 2 is 1.81 bits per heavy atom. The maximum absolute atomic E-state index is 14.3. The molecule has 7 nitrogen and oxygen atoms in total. The van der Waals surface area contributed by atoms with E-state index in [9.17, 15) is 18.4 Å². The van der Waals surface area contributed by atoms with Gasteiger partial charge in [0.25, 0.3) is 5.91 Å². The second-order valence-corrected chi connectivity index (χ2v) is 9.65. The van der Waals surface area contributed by atoms with Crippen LogP contribution in [0, 0.1) is 18.6 Å². The maximum Gasteiger partial charge on any atom is 0.274 e. The number of hydrogen-bond acceptors (Lipinski definition) is 4. The molecule has 2 aliphatic rings. The summed E-state index contributed by atoms with van der Waals surface area (Å²) in [6.45, 7) is 3.44. The van der Waals surface area contributed by atoms with Gasteiger partial charge in [0.15, 0.2) is 5.69 Å². The number of hydrogen-bond donors (Lipinski definition) is 1. The predicted octanol–water partition coefficient (Wildman–Crippen LogP) is 3.50. The SMILES string of the molecule is Cc1cc(F)c(CC(N)CC(=O)N2Cc3ccccc3-n3cnc(C(=O)N4CCCC4)c3C2)cc1F. The Hall–Kier alpha value is -3.59. The van der Waals surface area contributed by atoms with E-state index in [1.165, 1.54) is 6.92 Å². The molecule has 0 aliphatic carbocycles. The Morgan fingerprint density at radius 3 is 2.58 bits per heavy atom. The van der Waals surface area contributed by atoms with Crippen LogP contribution in [-0.4, -0.2) is 50.3 Å². The molecule has 2 N–H and O–H groups in total. The van der Waals surface area contributed by atoms with Crippen LogP contribution in [0.4, 0.5) is 8.78 Å². The van der Waals surface area contributed by atoms with Crippen LogP contribution in [0.5, 0.6) is 0 Å². The molecular formula is C27H29F2N5O2. The smallest absolute Gasteiger partial charge is 0.274 e. The largest absolute Gasteiger partial charge is 0.337 e. The van der Waals surface area contributed by atoms with E-state index in [-0.39, 0.29) is 42.3 Å². The first-order valence-electron chi connectivity index (χ1n) is 12.2. The molecule has 0 saturated carbocycles. The van der Waals surface area contributed by atoms with Crippen molar-refractivity contribution in [2.24, 2.45) is 5.73 Å². The molecule has 3 heterocycles. The van der Waals surface area contributed by atoms with E-state index in [1.807, 2.05) is 28.8 Å². The number of imidazole rings is 1. The Bertz CT molecular complexity index is 1320. The summed E-state index contributed by atoms with van der Waals surface area (Å²) < 4.78 is 30.2. The van der Waals surface area contributed by atoms with Crippen molar-refractivity contribution in [1.82, 2.24) is 19.4 Å². The summed E-state index contributed by atoms with van der Waals surface area (Å²) in [5.74, 6) is -1.38. The second-order valence-electron chi connectivity index (χ2n) is 9.65. The molecule has 1 unspecified atom stereocenters. The molecule has 2 aromatic carbocycles. The fourth-order valence-corrected chi connectivity index (χ4v) is 5.03. The highest BCUT2D eigenvalue weighted by Crippen LogP contribution is 2.28. The van der Waals surface area contributed by atoms with E-state index >= 15 is 0 Å². The summed E-state index contributed by atoms with van der Waals surface area (Å²) >= 11 is 0. The Balaban J connectivity index is 1.39. The average molecular weight is 494 g/mol. The van der Waals surface area contributed by atoms with Crippen molar-refractivity contribution >= 4 is 11.8 Å². The third-order valence-electron chi connectivity index (χ3n) is 7.01. The lowest BCUT2D eigenvalue weighted by Gasteiger charge is -2.23. The minimum absolute atomic E-state index is 0.0375. The van der Waals surface area contributed by atoms with Gasteiger partial charge in [-0.05, 0) is 61.1 Å². The molecule has 5 rings (SSSR count).